The van der Waals surface area contributed by atoms with Crippen LogP contribution >= 0.6 is 0 Å². The number of nitrogens with zero attached hydrogens (tertiary/aromatic N) is 1. The maximum absolute atomic E-state index is 13.2. The lowest BCUT2D eigenvalue weighted by atomic mass is 9.99. The zero-order valence-corrected chi connectivity index (χ0v) is 12.1. The molecule has 1 fully saturated rings. The third-order valence-electron chi connectivity index (χ3n) is 3.94. The van der Waals surface area contributed by atoms with Crippen molar-refractivity contribution in [3.63, 3.8) is 0 Å². The number of aromatic carboxylic acids is 1. The summed E-state index contributed by atoms with van der Waals surface area (Å²) in [5.74, 6) is -1.37. The molecule has 0 unspecified atom stereocenters. The van der Waals surface area contributed by atoms with Crippen molar-refractivity contribution in [1.29, 1.82) is 0 Å². The summed E-state index contributed by atoms with van der Waals surface area (Å²) in [6.07, 6.45) is -1.56. The lowest BCUT2D eigenvalue weighted by Gasteiger charge is -2.30. The van der Waals surface area contributed by atoms with Crippen molar-refractivity contribution in [3.05, 3.63) is 23.3 Å². The Kier molecular flexibility index (Phi) is 3.68. The third-order valence-corrected chi connectivity index (χ3v) is 3.94. The molecule has 0 radical (unpaired) electrons. The number of hydrogen-bond donors (Lipinski definition) is 1. The molecule has 0 aromatic heterocycles. The number of carboxylic acid groups (broad SMARTS) is 1. The van der Waals surface area contributed by atoms with Crippen molar-refractivity contribution >= 4 is 5.97 Å². The first-order valence-electron chi connectivity index (χ1n) is 7.22. The molecule has 0 saturated carbocycles. The first-order chi connectivity index (χ1) is 10.3. The Labute approximate surface area is 126 Å². The summed E-state index contributed by atoms with van der Waals surface area (Å²) in [6, 6.07) is 2.81. The van der Waals surface area contributed by atoms with Crippen LogP contribution in [-0.4, -0.2) is 35.4 Å². The van der Waals surface area contributed by atoms with E-state index in [0.717, 1.165) is 19.5 Å². The largest absolute Gasteiger partial charge is 0.586 e. The fourth-order valence-corrected chi connectivity index (χ4v) is 3.05. The SMILES string of the molecule is C[C@H]1CCCN(Cc2cc3c(c(C(=O)O)c2)OC(F)(F)O3)C1. The van der Waals surface area contributed by atoms with E-state index in [4.69, 9.17) is 0 Å². The van der Waals surface area contributed by atoms with E-state index in [1.165, 1.54) is 18.6 Å². The van der Waals surface area contributed by atoms with Gasteiger partial charge < -0.3 is 14.6 Å². The van der Waals surface area contributed by atoms with Gasteiger partial charge in [-0.1, -0.05) is 6.92 Å². The Morgan fingerprint density at radius 2 is 2.23 bits per heavy atom. The van der Waals surface area contributed by atoms with E-state index in [9.17, 15) is 18.7 Å². The Hall–Kier alpha value is -1.89. The summed E-state index contributed by atoms with van der Waals surface area (Å²) < 4.78 is 35.0. The Bertz CT molecular complexity index is 605. The highest BCUT2D eigenvalue weighted by Crippen LogP contribution is 2.44. The number of rotatable bonds is 3. The van der Waals surface area contributed by atoms with Crippen LogP contribution in [0.15, 0.2) is 12.1 Å². The van der Waals surface area contributed by atoms with E-state index >= 15 is 0 Å². The number of fused-ring (bicyclic) bond motifs is 1. The predicted molar refractivity (Wildman–Crippen MR) is 73.3 cm³/mol. The van der Waals surface area contributed by atoms with Crippen LogP contribution in [0, 0.1) is 5.92 Å². The first kappa shape index (κ1) is 15.0. The van der Waals surface area contributed by atoms with Gasteiger partial charge in [0.2, 0.25) is 0 Å². The van der Waals surface area contributed by atoms with Crippen molar-refractivity contribution in [1.82, 2.24) is 4.90 Å². The number of likely N-dealkylation sites (tertiary alicyclic amines) is 1. The summed E-state index contributed by atoms with van der Waals surface area (Å²) in [7, 11) is 0. The van der Waals surface area contributed by atoms with Crippen LogP contribution in [0.4, 0.5) is 8.78 Å². The quantitative estimate of drug-likeness (QED) is 0.930. The average Bonchev–Trinajstić information content (AvgIpc) is 2.71. The monoisotopic (exact) mass is 313 g/mol. The summed E-state index contributed by atoms with van der Waals surface area (Å²) in [6.45, 7) is 4.49. The summed E-state index contributed by atoms with van der Waals surface area (Å²) in [5, 5.41) is 9.20. The number of piperidine rings is 1. The van der Waals surface area contributed by atoms with Crippen LogP contribution in [0.3, 0.4) is 0 Å². The Morgan fingerprint density at radius 3 is 2.91 bits per heavy atom. The molecule has 22 heavy (non-hydrogen) atoms. The van der Waals surface area contributed by atoms with Crippen LogP contribution in [0.25, 0.3) is 0 Å². The van der Waals surface area contributed by atoms with Gasteiger partial charge in [0.05, 0.1) is 0 Å². The number of carboxylic acids is 1. The molecule has 1 aromatic carbocycles. The molecule has 2 aliphatic heterocycles. The number of ether oxygens (including phenoxy) is 2. The van der Waals surface area contributed by atoms with E-state index in [-0.39, 0.29) is 11.3 Å². The van der Waals surface area contributed by atoms with Gasteiger partial charge in [-0.2, -0.15) is 0 Å². The van der Waals surface area contributed by atoms with Crippen LogP contribution in [0.2, 0.25) is 0 Å². The molecule has 0 aliphatic carbocycles. The Morgan fingerprint density at radius 1 is 1.45 bits per heavy atom. The average molecular weight is 313 g/mol. The lowest BCUT2D eigenvalue weighted by molar-refractivity contribution is -0.286. The van der Waals surface area contributed by atoms with Gasteiger partial charge in [-0.3, -0.25) is 4.90 Å². The van der Waals surface area contributed by atoms with Crippen molar-refractivity contribution in [2.24, 2.45) is 5.92 Å². The van der Waals surface area contributed by atoms with Gasteiger partial charge >= 0.3 is 12.3 Å². The van der Waals surface area contributed by atoms with E-state index in [1.54, 1.807) is 0 Å². The van der Waals surface area contributed by atoms with Crippen LogP contribution in [0.1, 0.15) is 35.7 Å². The lowest BCUT2D eigenvalue weighted by Crippen LogP contribution is -2.33. The number of halogens is 2. The zero-order valence-electron chi connectivity index (χ0n) is 12.1. The summed E-state index contributed by atoms with van der Waals surface area (Å²) >= 11 is 0. The highest BCUT2D eigenvalue weighted by molar-refractivity contribution is 5.92. The topological polar surface area (TPSA) is 59.0 Å². The van der Waals surface area contributed by atoms with Crippen molar-refractivity contribution in [3.8, 4) is 11.5 Å². The molecule has 3 rings (SSSR count). The first-order valence-corrected chi connectivity index (χ1v) is 7.22. The fraction of sp³-hybridized carbons (Fsp3) is 0.533. The van der Waals surface area contributed by atoms with Gasteiger partial charge in [-0.05, 0) is 43.0 Å². The van der Waals surface area contributed by atoms with E-state index < -0.39 is 18.0 Å². The molecule has 120 valence electrons. The molecule has 1 saturated heterocycles. The molecule has 0 bridgehead atoms. The molecule has 5 nitrogen and oxygen atoms in total. The fourth-order valence-electron chi connectivity index (χ4n) is 3.05. The highest BCUT2D eigenvalue weighted by atomic mass is 19.3. The highest BCUT2D eigenvalue weighted by Gasteiger charge is 2.45. The summed E-state index contributed by atoms with van der Waals surface area (Å²) in [4.78, 5) is 13.5. The maximum atomic E-state index is 13.2. The molecular formula is C15H17F2NO4. The molecule has 0 spiro atoms. The second kappa shape index (κ2) is 5.39. The third kappa shape index (κ3) is 2.99. The van der Waals surface area contributed by atoms with Gasteiger partial charge in [-0.25, -0.2) is 4.79 Å². The van der Waals surface area contributed by atoms with Gasteiger partial charge in [0, 0.05) is 13.1 Å². The van der Waals surface area contributed by atoms with E-state index in [0.29, 0.717) is 18.0 Å². The minimum atomic E-state index is -3.81. The minimum Gasteiger partial charge on any atom is -0.478 e. The normalized spacial score (nSPS) is 23.5. The maximum Gasteiger partial charge on any atom is 0.586 e. The smallest absolute Gasteiger partial charge is 0.478 e. The zero-order chi connectivity index (χ0) is 15.9. The van der Waals surface area contributed by atoms with E-state index in [2.05, 4.69) is 21.3 Å². The van der Waals surface area contributed by atoms with Crippen LogP contribution in [-0.2, 0) is 6.54 Å². The standard InChI is InChI=1S/C15H17F2NO4/c1-9-3-2-4-18(7-9)8-10-5-11(14(19)20)13-12(6-10)21-15(16,17)22-13/h5-6,9H,2-4,7-8H2,1H3,(H,19,20)/t9-/m0/s1. The van der Waals surface area contributed by atoms with Crippen molar-refractivity contribution < 1.29 is 28.2 Å². The predicted octanol–water partition coefficient (Wildman–Crippen LogP) is 2.94. The van der Waals surface area contributed by atoms with Crippen LogP contribution < -0.4 is 9.47 Å². The Balaban J connectivity index is 1.87. The second-order valence-corrected chi connectivity index (χ2v) is 5.93. The van der Waals surface area contributed by atoms with Gasteiger partial charge in [-0.15, -0.1) is 8.78 Å². The minimum absolute atomic E-state index is 0.218. The molecule has 1 N–H and O–H groups in total. The number of alkyl halides is 2. The summed E-state index contributed by atoms with van der Waals surface area (Å²) in [5.41, 5.74) is 0.335. The molecular weight excluding hydrogens is 296 g/mol. The molecule has 2 aliphatic rings. The molecule has 7 heteroatoms. The molecule has 0 amide bonds. The van der Waals surface area contributed by atoms with Gasteiger partial charge in [0.1, 0.15) is 5.56 Å². The second-order valence-electron chi connectivity index (χ2n) is 5.93. The molecule has 2 heterocycles. The molecule has 1 aromatic rings. The van der Waals surface area contributed by atoms with Crippen molar-refractivity contribution in [2.75, 3.05) is 13.1 Å². The molecule has 1 atom stereocenters. The van der Waals surface area contributed by atoms with Gasteiger partial charge in [0.15, 0.2) is 11.5 Å². The number of carbonyl (C=O) groups is 1. The van der Waals surface area contributed by atoms with Crippen LogP contribution in [0.5, 0.6) is 11.5 Å². The number of benzene rings is 1. The van der Waals surface area contributed by atoms with E-state index in [1.807, 2.05) is 0 Å². The van der Waals surface area contributed by atoms with Gasteiger partial charge in [0.25, 0.3) is 0 Å². The number of hydrogen-bond acceptors (Lipinski definition) is 4. The van der Waals surface area contributed by atoms with Crippen molar-refractivity contribution in [2.45, 2.75) is 32.6 Å².